The number of piperidine rings is 1. The monoisotopic (exact) mass is 266 g/mol. The summed E-state index contributed by atoms with van der Waals surface area (Å²) in [6.07, 6.45) is 4.24. The van der Waals surface area contributed by atoms with E-state index in [9.17, 15) is 4.79 Å². The molecule has 1 unspecified atom stereocenters. The quantitative estimate of drug-likeness (QED) is 0.877. The minimum atomic E-state index is 0.0197. The molecule has 0 bridgehead atoms. The molecule has 2 rings (SSSR count). The smallest absolute Gasteiger partial charge is 0.237 e. The Morgan fingerprint density at radius 1 is 1.56 bits per heavy atom. The topological polar surface area (TPSA) is 41.1 Å². The van der Waals surface area contributed by atoms with Gasteiger partial charge in [0.1, 0.15) is 0 Å². The lowest BCUT2D eigenvalue weighted by molar-refractivity contribution is -0.124. The zero-order chi connectivity index (χ0) is 13.0. The van der Waals surface area contributed by atoms with E-state index in [2.05, 4.69) is 36.6 Å². The molecule has 4 heteroatoms. The van der Waals surface area contributed by atoms with Gasteiger partial charge in [0.25, 0.3) is 0 Å². The molecule has 0 aromatic carbocycles. The summed E-state index contributed by atoms with van der Waals surface area (Å²) >= 11 is 1.81. The van der Waals surface area contributed by atoms with Crippen molar-refractivity contribution in [1.29, 1.82) is 0 Å². The second kappa shape index (κ2) is 6.34. The van der Waals surface area contributed by atoms with Crippen molar-refractivity contribution in [3.8, 4) is 0 Å². The van der Waals surface area contributed by atoms with Crippen molar-refractivity contribution in [2.45, 2.75) is 51.6 Å². The molecule has 1 aliphatic heterocycles. The molecule has 1 fully saturated rings. The van der Waals surface area contributed by atoms with E-state index in [0.29, 0.717) is 0 Å². The summed E-state index contributed by atoms with van der Waals surface area (Å²) in [6.45, 7) is 5.16. The summed E-state index contributed by atoms with van der Waals surface area (Å²) in [7, 11) is 0. The van der Waals surface area contributed by atoms with Crippen LogP contribution in [-0.4, -0.2) is 24.5 Å². The van der Waals surface area contributed by atoms with E-state index >= 15 is 0 Å². The van der Waals surface area contributed by atoms with Gasteiger partial charge in [0.15, 0.2) is 0 Å². The Kier molecular flexibility index (Phi) is 4.78. The van der Waals surface area contributed by atoms with Gasteiger partial charge in [-0.1, -0.05) is 6.42 Å². The number of hydrogen-bond acceptors (Lipinski definition) is 3. The maximum atomic E-state index is 12.0. The van der Waals surface area contributed by atoms with Crippen molar-refractivity contribution in [2.24, 2.45) is 0 Å². The van der Waals surface area contributed by atoms with Crippen molar-refractivity contribution in [3.63, 3.8) is 0 Å². The number of carbonyl (C=O) groups is 1. The van der Waals surface area contributed by atoms with Crippen molar-refractivity contribution in [2.75, 3.05) is 6.54 Å². The van der Waals surface area contributed by atoms with E-state index in [1.165, 1.54) is 16.2 Å². The van der Waals surface area contributed by atoms with Crippen molar-refractivity contribution in [3.05, 3.63) is 21.9 Å². The Morgan fingerprint density at radius 2 is 2.39 bits per heavy atom. The fourth-order valence-corrected chi connectivity index (χ4v) is 3.39. The van der Waals surface area contributed by atoms with E-state index < -0.39 is 0 Å². The van der Waals surface area contributed by atoms with Gasteiger partial charge in [0.2, 0.25) is 5.91 Å². The molecule has 0 radical (unpaired) electrons. The lowest BCUT2D eigenvalue weighted by atomic mass is 10.0. The third-order valence-corrected chi connectivity index (χ3v) is 4.34. The van der Waals surface area contributed by atoms with Crippen LogP contribution in [-0.2, 0) is 11.2 Å². The molecule has 0 spiro atoms. The number of amides is 1. The zero-order valence-electron chi connectivity index (χ0n) is 11.2. The molecule has 0 saturated carbocycles. The standard InChI is InChI=1S/C14H22N2OS/c1-10(9-12-7-6-11(2)18-12)16-14(17)13-5-3-4-8-15-13/h6-7,10,13,15H,3-5,8-9H2,1-2H3,(H,16,17)/t10?,13-/m0/s1. The number of nitrogens with one attached hydrogen (secondary N) is 2. The van der Waals surface area contributed by atoms with Gasteiger partial charge in [-0.05, 0) is 45.4 Å². The first-order valence-electron chi connectivity index (χ1n) is 6.74. The molecular weight excluding hydrogens is 244 g/mol. The van der Waals surface area contributed by atoms with Gasteiger partial charge in [-0.3, -0.25) is 4.79 Å². The Labute approximate surface area is 113 Å². The van der Waals surface area contributed by atoms with Crippen LogP contribution in [0.4, 0.5) is 0 Å². The molecule has 3 nitrogen and oxygen atoms in total. The Bertz CT molecular complexity index is 396. The number of hydrogen-bond donors (Lipinski definition) is 2. The SMILES string of the molecule is Cc1ccc(CC(C)NC(=O)[C@@H]2CCCCN2)s1. The first kappa shape index (κ1) is 13.6. The van der Waals surface area contributed by atoms with Gasteiger partial charge in [0, 0.05) is 22.2 Å². The molecule has 100 valence electrons. The zero-order valence-corrected chi connectivity index (χ0v) is 12.0. The van der Waals surface area contributed by atoms with Gasteiger partial charge in [-0.25, -0.2) is 0 Å². The highest BCUT2D eigenvalue weighted by Gasteiger charge is 2.21. The molecule has 1 saturated heterocycles. The fraction of sp³-hybridized carbons (Fsp3) is 0.643. The summed E-state index contributed by atoms with van der Waals surface area (Å²) in [5, 5.41) is 6.40. The van der Waals surface area contributed by atoms with E-state index in [1.54, 1.807) is 0 Å². The van der Waals surface area contributed by atoms with Gasteiger partial charge in [-0.2, -0.15) is 0 Å². The Balaban J connectivity index is 1.79. The largest absolute Gasteiger partial charge is 0.352 e. The maximum absolute atomic E-state index is 12.0. The number of thiophene rings is 1. The van der Waals surface area contributed by atoms with E-state index in [1.807, 2.05) is 11.3 Å². The highest BCUT2D eigenvalue weighted by atomic mass is 32.1. The third kappa shape index (κ3) is 3.82. The predicted octanol–water partition coefficient (Wildman–Crippen LogP) is 2.25. The number of rotatable bonds is 4. The van der Waals surface area contributed by atoms with Gasteiger partial charge >= 0.3 is 0 Å². The highest BCUT2D eigenvalue weighted by Crippen LogP contribution is 2.17. The lowest BCUT2D eigenvalue weighted by Gasteiger charge is -2.24. The molecule has 2 N–H and O–H groups in total. The molecular formula is C14H22N2OS. The van der Waals surface area contributed by atoms with Crippen molar-refractivity contribution >= 4 is 17.2 Å². The highest BCUT2D eigenvalue weighted by molar-refractivity contribution is 7.11. The van der Waals surface area contributed by atoms with Crippen LogP contribution in [0.15, 0.2) is 12.1 Å². The molecule has 1 amide bonds. The Hall–Kier alpha value is -0.870. The van der Waals surface area contributed by atoms with E-state index in [4.69, 9.17) is 0 Å². The van der Waals surface area contributed by atoms with Crippen LogP contribution >= 0.6 is 11.3 Å². The molecule has 1 aromatic rings. The number of aryl methyl sites for hydroxylation is 1. The van der Waals surface area contributed by atoms with Crippen LogP contribution in [0.25, 0.3) is 0 Å². The van der Waals surface area contributed by atoms with Crippen LogP contribution < -0.4 is 10.6 Å². The minimum Gasteiger partial charge on any atom is -0.352 e. The van der Waals surface area contributed by atoms with Crippen LogP contribution in [0.1, 0.15) is 35.9 Å². The van der Waals surface area contributed by atoms with E-state index in [0.717, 1.165) is 25.8 Å². The fourth-order valence-electron chi connectivity index (χ4n) is 2.37. The first-order chi connectivity index (χ1) is 8.65. The van der Waals surface area contributed by atoms with Crippen LogP contribution in [0, 0.1) is 6.92 Å². The summed E-state index contributed by atoms with van der Waals surface area (Å²) in [5.74, 6) is 0.162. The van der Waals surface area contributed by atoms with E-state index in [-0.39, 0.29) is 18.0 Å². The van der Waals surface area contributed by atoms with Crippen LogP contribution in [0.5, 0.6) is 0 Å². The molecule has 2 heterocycles. The van der Waals surface area contributed by atoms with Gasteiger partial charge in [-0.15, -0.1) is 11.3 Å². The molecule has 1 aliphatic rings. The summed E-state index contributed by atoms with van der Waals surface area (Å²) < 4.78 is 0. The minimum absolute atomic E-state index is 0.0197. The third-order valence-electron chi connectivity index (χ3n) is 3.32. The number of carbonyl (C=O) groups excluding carboxylic acids is 1. The summed E-state index contributed by atoms with van der Waals surface area (Å²) in [6, 6.07) is 4.52. The molecule has 0 aliphatic carbocycles. The first-order valence-corrected chi connectivity index (χ1v) is 7.56. The summed E-state index contributed by atoms with van der Waals surface area (Å²) in [4.78, 5) is 14.7. The average Bonchev–Trinajstić information content (AvgIpc) is 2.75. The van der Waals surface area contributed by atoms with Gasteiger partial charge < -0.3 is 10.6 Å². The summed E-state index contributed by atoms with van der Waals surface area (Å²) in [5.41, 5.74) is 0. The normalized spacial score (nSPS) is 21.6. The van der Waals surface area contributed by atoms with Gasteiger partial charge in [0.05, 0.1) is 6.04 Å². The Morgan fingerprint density at radius 3 is 3.00 bits per heavy atom. The molecule has 2 atom stereocenters. The second-order valence-corrected chi connectivity index (χ2v) is 6.50. The lowest BCUT2D eigenvalue weighted by Crippen LogP contribution is -2.49. The molecule has 1 aromatic heterocycles. The predicted molar refractivity (Wildman–Crippen MR) is 76.0 cm³/mol. The second-order valence-electron chi connectivity index (χ2n) is 5.13. The van der Waals surface area contributed by atoms with Crippen molar-refractivity contribution in [1.82, 2.24) is 10.6 Å². The average molecular weight is 266 g/mol. The molecule has 18 heavy (non-hydrogen) atoms. The van der Waals surface area contributed by atoms with Crippen LogP contribution in [0.3, 0.4) is 0 Å². The van der Waals surface area contributed by atoms with Crippen molar-refractivity contribution < 1.29 is 4.79 Å². The van der Waals surface area contributed by atoms with Crippen LogP contribution in [0.2, 0.25) is 0 Å². The maximum Gasteiger partial charge on any atom is 0.237 e.